The van der Waals surface area contributed by atoms with E-state index in [2.05, 4.69) is 28.9 Å². The number of hydrogen-bond donors (Lipinski definition) is 0. The van der Waals surface area contributed by atoms with Crippen molar-refractivity contribution in [2.45, 2.75) is 19.8 Å². The second kappa shape index (κ2) is 4.11. The number of rotatable bonds is 2. The summed E-state index contributed by atoms with van der Waals surface area (Å²) in [6.45, 7) is 4.16. The molecule has 2 heterocycles. The third kappa shape index (κ3) is 1.91. The molecule has 0 saturated heterocycles. The van der Waals surface area contributed by atoms with Crippen molar-refractivity contribution in [3.8, 4) is 11.9 Å². The van der Waals surface area contributed by atoms with Gasteiger partial charge >= 0.3 is 0 Å². The van der Waals surface area contributed by atoms with Crippen molar-refractivity contribution in [2.24, 2.45) is 0 Å². The van der Waals surface area contributed by atoms with Gasteiger partial charge in [0.05, 0.1) is 18.1 Å². The first kappa shape index (κ1) is 10.3. The number of aromatic nitrogens is 4. The van der Waals surface area contributed by atoms with E-state index >= 15 is 0 Å². The van der Waals surface area contributed by atoms with Crippen molar-refractivity contribution in [1.82, 2.24) is 19.7 Å². The predicted molar refractivity (Wildman–Crippen MR) is 58.0 cm³/mol. The Morgan fingerprint density at radius 2 is 2.12 bits per heavy atom. The quantitative estimate of drug-likeness (QED) is 0.760. The van der Waals surface area contributed by atoms with Gasteiger partial charge in [-0.3, -0.25) is 0 Å². The average molecular weight is 213 g/mol. The minimum absolute atomic E-state index is 0.306. The highest BCUT2D eigenvalue weighted by Crippen LogP contribution is 2.12. The van der Waals surface area contributed by atoms with Crippen LogP contribution in [0, 0.1) is 11.3 Å². The Balaban J connectivity index is 2.32. The maximum Gasteiger partial charge on any atom is 0.171 e. The van der Waals surface area contributed by atoms with Gasteiger partial charge in [-0.25, -0.2) is 14.6 Å². The zero-order valence-electron chi connectivity index (χ0n) is 9.12. The van der Waals surface area contributed by atoms with E-state index < -0.39 is 0 Å². The topological polar surface area (TPSA) is 67.4 Å². The zero-order chi connectivity index (χ0) is 11.5. The molecule has 16 heavy (non-hydrogen) atoms. The van der Waals surface area contributed by atoms with Crippen molar-refractivity contribution >= 4 is 0 Å². The molecule has 0 amide bonds. The maximum absolute atomic E-state index is 8.60. The molecule has 0 N–H and O–H groups in total. The van der Waals surface area contributed by atoms with Crippen molar-refractivity contribution in [3.63, 3.8) is 0 Å². The lowest BCUT2D eigenvalue weighted by molar-refractivity contribution is 0.754. The van der Waals surface area contributed by atoms with E-state index in [9.17, 15) is 0 Å². The van der Waals surface area contributed by atoms with E-state index in [4.69, 9.17) is 5.26 Å². The van der Waals surface area contributed by atoms with E-state index in [1.54, 1.807) is 4.68 Å². The van der Waals surface area contributed by atoms with Crippen LogP contribution in [-0.4, -0.2) is 19.7 Å². The van der Waals surface area contributed by atoms with Gasteiger partial charge in [0.25, 0.3) is 0 Å². The van der Waals surface area contributed by atoms with Crippen molar-refractivity contribution < 1.29 is 0 Å². The molecule has 0 aromatic carbocycles. The first-order valence-electron chi connectivity index (χ1n) is 4.99. The van der Waals surface area contributed by atoms with Gasteiger partial charge in [0.1, 0.15) is 6.07 Å². The third-order valence-electron chi connectivity index (χ3n) is 2.19. The van der Waals surface area contributed by atoms with Crippen molar-refractivity contribution in [1.29, 1.82) is 5.26 Å². The van der Waals surface area contributed by atoms with Gasteiger partial charge < -0.3 is 0 Å². The van der Waals surface area contributed by atoms with Gasteiger partial charge in [-0.05, 0) is 12.0 Å². The summed E-state index contributed by atoms with van der Waals surface area (Å²) in [6, 6.07) is 3.87. The molecule has 0 saturated carbocycles. The average Bonchev–Trinajstić information content (AvgIpc) is 2.78. The smallest absolute Gasteiger partial charge is 0.171 e. The molecule has 0 aliphatic rings. The molecule has 5 heteroatoms. The van der Waals surface area contributed by atoms with Gasteiger partial charge in [0, 0.05) is 6.20 Å². The van der Waals surface area contributed by atoms with Gasteiger partial charge in [-0.15, -0.1) is 0 Å². The van der Waals surface area contributed by atoms with E-state index in [1.807, 2.05) is 18.3 Å². The fraction of sp³-hybridized carbons (Fsp3) is 0.273. The molecule has 0 radical (unpaired) electrons. The third-order valence-corrected chi connectivity index (χ3v) is 2.19. The molecule has 0 spiro atoms. The van der Waals surface area contributed by atoms with Crippen LogP contribution in [0.3, 0.4) is 0 Å². The fourth-order valence-corrected chi connectivity index (χ4v) is 1.27. The number of nitriles is 1. The molecule has 80 valence electrons. The number of hydrogen-bond acceptors (Lipinski definition) is 4. The summed E-state index contributed by atoms with van der Waals surface area (Å²) < 4.78 is 1.66. The SMILES string of the molecule is CC(C)c1ccn(-c2cnc(C#N)cn2)n1. The Labute approximate surface area is 93.4 Å². The summed E-state index contributed by atoms with van der Waals surface area (Å²) in [7, 11) is 0. The van der Waals surface area contributed by atoms with Gasteiger partial charge in [-0.1, -0.05) is 13.8 Å². The molecule has 5 nitrogen and oxygen atoms in total. The summed E-state index contributed by atoms with van der Waals surface area (Å²) in [4.78, 5) is 8.05. The van der Waals surface area contributed by atoms with Gasteiger partial charge in [0.2, 0.25) is 0 Å². The fourth-order valence-electron chi connectivity index (χ4n) is 1.27. The van der Waals surface area contributed by atoms with E-state index in [-0.39, 0.29) is 0 Å². The molecular formula is C11H11N5. The summed E-state index contributed by atoms with van der Waals surface area (Å²) in [6.07, 6.45) is 4.81. The Bertz CT molecular complexity index is 518. The van der Waals surface area contributed by atoms with E-state index in [1.165, 1.54) is 12.4 Å². The Hall–Kier alpha value is -2.22. The molecule has 0 aliphatic carbocycles. The summed E-state index contributed by atoms with van der Waals surface area (Å²) >= 11 is 0. The van der Waals surface area contributed by atoms with Crippen LogP contribution in [0.25, 0.3) is 5.82 Å². The highest BCUT2D eigenvalue weighted by Gasteiger charge is 2.05. The zero-order valence-corrected chi connectivity index (χ0v) is 9.12. The Kier molecular flexibility index (Phi) is 2.64. The molecule has 0 unspecified atom stereocenters. The summed E-state index contributed by atoms with van der Waals surface area (Å²) in [5.41, 5.74) is 1.31. The van der Waals surface area contributed by atoms with Crippen LogP contribution in [0.2, 0.25) is 0 Å². The van der Waals surface area contributed by atoms with Crippen molar-refractivity contribution in [3.05, 3.63) is 36.0 Å². The molecule has 0 bridgehead atoms. The van der Waals surface area contributed by atoms with Crippen LogP contribution >= 0.6 is 0 Å². The summed E-state index contributed by atoms with van der Waals surface area (Å²) in [5.74, 6) is 0.999. The van der Waals surface area contributed by atoms with Crippen LogP contribution in [0.5, 0.6) is 0 Å². The monoisotopic (exact) mass is 213 g/mol. The van der Waals surface area contributed by atoms with E-state index in [0.717, 1.165) is 5.69 Å². The van der Waals surface area contributed by atoms with Crippen LogP contribution in [0.15, 0.2) is 24.7 Å². The molecule has 0 atom stereocenters. The molecule has 2 aromatic heterocycles. The largest absolute Gasteiger partial charge is 0.240 e. The van der Waals surface area contributed by atoms with Crippen LogP contribution in [0.1, 0.15) is 31.2 Å². The predicted octanol–water partition coefficient (Wildman–Crippen LogP) is 1.66. The first-order chi connectivity index (χ1) is 7.70. The first-order valence-corrected chi connectivity index (χ1v) is 4.99. The lowest BCUT2D eigenvalue weighted by Gasteiger charge is -2.00. The lowest BCUT2D eigenvalue weighted by atomic mass is 10.1. The number of nitrogens with zero attached hydrogens (tertiary/aromatic N) is 5. The minimum atomic E-state index is 0.306. The summed E-state index contributed by atoms with van der Waals surface area (Å²) in [5, 5.41) is 13.0. The normalized spacial score (nSPS) is 10.4. The standard InChI is InChI=1S/C11H11N5/c1-8(2)10-3-4-16(15-10)11-7-13-9(5-12)6-14-11/h3-4,6-8H,1-2H3. The highest BCUT2D eigenvalue weighted by molar-refractivity contribution is 5.23. The molecule has 2 rings (SSSR count). The molecule has 0 fully saturated rings. The molecule has 2 aromatic rings. The minimum Gasteiger partial charge on any atom is -0.240 e. The van der Waals surface area contributed by atoms with Gasteiger partial charge in [0.15, 0.2) is 11.5 Å². The second-order valence-electron chi connectivity index (χ2n) is 3.71. The molecular weight excluding hydrogens is 202 g/mol. The second-order valence-corrected chi connectivity index (χ2v) is 3.71. The van der Waals surface area contributed by atoms with Crippen molar-refractivity contribution in [2.75, 3.05) is 0 Å². The lowest BCUT2D eigenvalue weighted by Crippen LogP contribution is -2.01. The van der Waals surface area contributed by atoms with Crippen LogP contribution in [0.4, 0.5) is 0 Å². The Morgan fingerprint density at radius 1 is 1.31 bits per heavy atom. The van der Waals surface area contributed by atoms with Crippen LogP contribution < -0.4 is 0 Å². The highest BCUT2D eigenvalue weighted by atomic mass is 15.3. The van der Waals surface area contributed by atoms with Gasteiger partial charge in [-0.2, -0.15) is 10.4 Å². The van der Waals surface area contributed by atoms with E-state index in [0.29, 0.717) is 17.4 Å². The molecule has 0 aliphatic heterocycles. The van der Waals surface area contributed by atoms with Crippen LogP contribution in [-0.2, 0) is 0 Å². The Morgan fingerprint density at radius 3 is 2.62 bits per heavy atom. The maximum atomic E-state index is 8.60.